The molecule has 2 rings (SSSR count). The normalized spacial score (nSPS) is 43.4. The number of nitrogens with two attached hydrogens (primary N) is 1. The molecular formula is C12H24N2O. The minimum Gasteiger partial charge on any atom is -0.376 e. The fraction of sp³-hybridized carbons (Fsp3) is 1.00. The summed E-state index contributed by atoms with van der Waals surface area (Å²) in [4.78, 5) is 2.56. The Balaban J connectivity index is 1.86. The van der Waals surface area contributed by atoms with Gasteiger partial charge in [0, 0.05) is 25.2 Å². The summed E-state index contributed by atoms with van der Waals surface area (Å²) in [6, 6.07) is 1.00. The minimum absolute atomic E-state index is 0.388. The monoisotopic (exact) mass is 212 g/mol. The second-order valence-electron chi connectivity index (χ2n) is 5.30. The van der Waals surface area contributed by atoms with Gasteiger partial charge in [-0.25, -0.2) is 0 Å². The summed E-state index contributed by atoms with van der Waals surface area (Å²) in [7, 11) is 0. The quantitative estimate of drug-likeness (QED) is 0.748. The van der Waals surface area contributed by atoms with Crippen LogP contribution in [0.2, 0.25) is 0 Å². The zero-order valence-corrected chi connectivity index (χ0v) is 9.98. The summed E-state index contributed by atoms with van der Waals surface area (Å²) in [5, 5.41) is 0. The van der Waals surface area contributed by atoms with Crippen LogP contribution in [-0.2, 0) is 4.74 Å². The molecule has 4 unspecified atom stereocenters. The molecule has 1 aliphatic heterocycles. The van der Waals surface area contributed by atoms with Crippen LogP contribution in [0.1, 0.15) is 33.1 Å². The molecule has 0 aromatic rings. The molecule has 1 saturated heterocycles. The van der Waals surface area contributed by atoms with Crippen LogP contribution >= 0.6 is 0 Å². The molecular weight excluding hydrogens is 188 g/mol. The predicted molar refractivity (Wildman–Crippen MR) is 61.8 cm³/mol. The van der Waals surface area contributed by atoms with Crippen molar-refractivity contribution in [1.82, 2.24) is 4.90 Å². The summed E-state index contributed by atoms with van der Waals surface area (Å²) in [5.74, 6) is 0.720. The van der Waals surface area contributed by atoms with Gasteiger partial charge in [-0.3, -0.25) is 4.90 Å². The van der Waals surface area contributed by atoms with E-state index in [-0.39, 0.29) is 0 Å². The average Bonchev–Trinajstić information content (AvgIpc) is 2.58. The lowest BCUT2D eigenvalue weighted by Crippen LogP contribution is -2.50. The van der Waals surface area contributed by atoms with E-state index in [1.165, 1.54) is 25.8 Å². The Hall–Kier alpha value is -0.120. The van der Waals surface area contributed by atoms with Crippen LogP contribution in [0.25, 0.3) is 0 Å². The molecule has 1 aliphatic carbocycles. The molecule has 1 saturated carbocycles. The second kappa shape index (κ2) is 4.81. The number of morpholine rings is 1. The highest BCUT2D eigenvalue weighted by atomic mass is 16.5. The molecule has 88 valence electrons. The van der Waals surface area contributed by atoms with Crippen LogP contribution < -0.4 is 5.73 Å². The lowest BCUT2D eigenvalue weighted by atomic mass is 10.0. The van der Waals surface area contributed by atoms with Crippen LogP contribution in [0.4, 0.5) is 0 Å². The third kappa shape index (κ3) is 2.71. The van der Waals surface area contributed by atoms with E-state index in [9.17, 15) is 0 Å². The third-order valence-electron chi connectivity index (χ3n) is 3.92. The molecule has 3 nitrogen and oxygen atoms in total. The van der Waals surface area contributed by atoms with Gasteiger partial charge in [0.25, 0.3) is 0 Å². The van der Waals surface area contributed by atoms with Gasteiger partial charge in [-0.1, -0.05) is 6.42 Å². The van der Waals surface area contributed by atoms with Crippen LogP contribution in [0.15, 0.2) is 0 Å². The maximum absolute atomic E-state index is 6.12. The number of nitrogens with zero attached hydrogens (tertiary/aromatic N) is 1. The van der Waals surface area contributed by atoms with Crippen LogP contribution in [0, 0.1) is 5.92 Å². The number of ether oxygens (including phenoxy) is 1. The topological polar surface area (TPSA) is 38.5 Å². The van der Waals surface area contributed by atoms with Gasteiger partial charge in [-0.2, -0.15) is 0 Å². The number of hydrogen-bond acceptors (Lipinski definition) is 3. The van der Waals surface area contributed by atoms with E-state index in [4.69, 9.17) is 10.5 Å². The van der Waals surface area contributed by atoms with E-state index < -0.39 is 0 Å². The number of rotatable bonds is 2. The minimum atomic E-state index is 0.388. The molecule has 2 aliphatic rings. The van der Waals surface area contributed by atoms with Crippen molar-refractivity contribution in [2.24, 2.45) is 11.7 Å². The molecule has 15 heavy (non-hydrogen) atoms. The van der Waals surface area contributed by atoms with E-state index in [1.54, 1.807) is 0 Å². The highest BCUT2D eigenvalue weighted by molar-refractivity contribution is 4.85. The molecule has 1 heterocycles. The van der Waals surface area contributed by atoms with E-state index in [1.807, 2.05) is 0 Å². The van der Waals surface area contributed by atoms with Crippen molar-refractivity contribution in [3.05, 3.63) is 0 Å². The molecule has 0 amide bonds. The van der Waals surface area contributed by atoms with Crippen LogP contribution in [0.3, 0.4) is 0 Å². The SMILES string of the molecule is CC1CN(CC2CCCC2N)C(C)CO1. The molecule has 3 heteroatoms. The molecule has 0 aromatic carbocycles. The first-order valence-electron chi connectivity index (χ1n) is 6.28. The third-order valence-corrected chi connectivity index (χ3v) is 3.92. The zero-order chi connectivity index (χ0) is 10.8. The van der Waals surface area contributed by atoms with Crippen molar-refractivity contribution in [3.8, 4) is 0 Å². The van der Waals surface area contributed by atoms with E-state index in [0.29, 0.717) is 18.2 Å². The molecule has 2 N–H and O–H groups in total. The number of hydrogen-bond donors (Lipinski definition) is 1. The van der Waals surface area contributed by atoms with E-state index in [0.717, 1.165) is 19.1 Å². The molecule has 0 aromatic heterocycles. The summed E-state index contributed by atoms with van der Waals surface area (Å²) >= 11 is 0. The largest absolute Gasteiger partial charge is 0.376 e. The first-order valence-corrected chi connectivity index (χ1v) is 6.28. The Kier molecular flexibility index (Phi) is 3.65. The molecule has 0 radical (unpaired) electrons. The molecule has 4 atom stereocenters. The molecule has 2 fully saturated rings. The van der Waals surface area contributed by atoms with Crippen LogP contribution in [0.5, 0.6) is 0 Å². The standard InChI is InChI=1S/C12H24N2O/c1-9-8-15-10(2)6-14(9)7-11-4-3-5-12(11)13/h9-12H,3-8,13H2,1-2H3. The Morgan fingerprint density at radius 3 is 2.80 bits per heavy atom. The lowest BCUT2D eigenvalue weighted by Gasteiger charge is -2.38. The average molecular weight is 212 g/mol. The van der Waals surface area contributed by atoms with Gasteiger partial charge >= 0.3 is 0 Å². The zero-order valence-electron chi connectivity index (χ0n) is 9.98. The van der Waals surface area contributed by atoms with Gasteiger partial charge in [-0.15, -0.1) is 0 Å². The first kappa shape index (κ1) is 11.4. The fourth-order valence-electron chi connectivity index (χ4n) is 2.82. The van der Waals surface area contributed by atoms with Crippen molar-refractivity contribution in [2.45, 2.75) is 51.3 Å². The van der Waals surface area contributed by atoms with Crippen molar-refractivity contribution in [2.75, 3.05) is 19.7 Å². The van der Waals surface area contributed by atoms with Crippen molar-refractivity contribution >= 4 is 0 Å². The van der Waals surface area contributed by atoms with E-state index >= 15 is 0 Å². The predicted octanol–water partition coefficient (Wildman–Crippen LogP) is 1.22. The maximum Gasteiger partial charge on any atom is 0.0674 e. The molecule has 0 bridgehead atoms. The van der Waals surface area contributed by atoms with Gasteiger partial charge in [-0.05, 0) is 32.6 Å². The Labute approximate surface area is 93.0 Å². The Morgan fingerprint density at radius 2 is 2.13 bits per heavy atom. The summed E-state index contributed by atoms with van der Waals surface area (Å²) < 4.78 is 5.64. The maximum atomic E-state index is 6.12. The van der Waals surface area contributed by atoms with Gasteiger partial charge in [0.15, 0.2) is 0 Å². The van der Waals surface area contributed by atoms with Crippen molar-refractivity contribution < 1.29 is 4.74 Å². The summed E-state index contributed by atoms with van der Waals surface area (Å²) in [6.45, 7) is 7.54. The highest BCUT2D eigenvalue weighted by Crippen LogP contribution is 2.26. The van der Waals surface area contributed by atoms with Gasteiger partial charge in [0.1, 0.15) is 0 Å². The second-order valence-corrected chi connectivity index (χ2v) is 5.30. The van der Waals surface area contributed by atoms with Crippen molar-refractivity contribution in [3.63, 3.8) is 0 Å². The van der Waals surface area contributed by atoms with Gasteiger partial charge in [0.2, 0.25) is 0 Å². The molecule has 0 spiro atoms. The van der Waals surface area contributed by atoms with Gasteiger partial charge in [0.05, 0.1) is 12.7 Å². The fourth-order valence-corrected chi connectivity index (χ4v) is 2.82. The Morgan fingerprint density at radius 1 is 1.33 bits per heavy atom. The Bertz CT molecular complexity index is 210. The van der Waals surface area contributed by atoms with E-state index in [2.05, 4.69) is 18.7 Å². The summed E-state index contributed by atoms with van der Waals surface area (Å²) in [5.41, 5.74) is 6.12. The van der Waals surface area contributed by atoms with Gasteiger partial charge < -0.3 is 10.5 Å². The summed E-state index contributed by atoms with van der Waals surface area (Å²) in [6.07, 6.45) is 4.25. The highest BCUT2D eigenvalue weighted by Gasteiger charge is 2.30. The first-order chi connectivity index (χ1) is 7.16. The van der Waals surface area contributed by atoms with Crippen LogP contribution in [-0.4, -0.2) is 42.8 Å². The smallest absolute Gasteiger partial charge is 0.0674 e. The lowest BCUT2D eigenvalue weighted by molar-refractivity contribution is -0.0544. The van der Waals surface area contributed by atoms with Crippen molar-refractivity contribution in [1.29, 1.82) is 0 Å².